The van der Waals surface area contributed by atoms with Crippen LogP contribution in [0.25, 0.3) is 6.08 Å². The van der Waals surface area contributed by atoms with Crippen LogP contribution in [-0.2, 0) is 9.59 Å². The molecule has 3 aromatic rings. The molecule has 2 amide bonds. The van der Waals surface area contributed by atoms with E-state index in [1.807, 2.05) is 75.4 Å². The van der Waals surface area contributed by atoms with Crippen LogP contribution in [0.5, 0.6) is 0 Å². The van der Waals surface area contributed by atoms with Crippen LogP contribution in [0.15, 0.2) is 76.0 Å². The van der Waals surface area contributed by atoms with Gasteiger partial charge in [0.2, 0.25) is 11.2 Å². The van der Waals surface area contributed by atoms with E-state index in [9.17, 15) is 9.59 Å². The molecule has 0 saturated heterocycles. The molecule has 0 aliphatic carbocycles. The fraction of sp³-hybridized carbons (Fsp3) is 0.208. The zero-order valence-corrected chi connectivity index (χ0v) is 19.4. The number of benzene rings is 2. The highest BCUT2D eigenvalue weighted by molar-refractivity contribution is 8.14. The van der Waals surface area contributed by atoms with Crippen molar-refractivity contribution in [2.45, 2.75) is 26.8 Å². The lowest BCUT2D eigenvalue weighted by molar-refractivity contribution is -0.779. The Morgan fingerprint density at radius 1 is 1.21 bits per heavy atom. The number of para-hydroxylation sites is 1. The molecule has 33 heavy (non-hydrogen) atoms. The van der Waals surface area contributed by atoms with Crippen LogP contribution >= 0.6 is 11.8 Å². The SMILES string of the molecule is Cc1cccc(/C=C2/N=C(SCC(=O)Nc3c[n+](C(C)C)no3)N(c3ccccc3)C2=O)c1. The minimum absolute atomic E-state index is 0.0511. The van der Waals surface area contributed by atoms with Gasteiger partial charge in [-0.15, -0.1) is 0 Å². The molecule has 1 aliphatic heterocycles. The number of hydrogen-bond donors (Lipinski definition) is 1. The summed E-state index contributed by atoms with van der Waals surface area (Å²) >= 11 is 1.18. The van der Waals surface area contributed by atoms with Gasteiger partial charge in [-0.3, -0.25) is 24.3 Å². The second-order valence-electron chi connectivity index (χ2n) is 7.79. The van der Waals surface area contributed by atoms with E-state index in [0.29, 0.717) is 16.6 Å². The first-order chi connectivity index (χ1) is 15.9. The number of aryl methyl sites for hydroxylation is 1. The maximum atomic E-state index is 13.2. The van der Waals surface area contributed by atoms with Crippen molar-refractivity contribution in [2.75, 3.05) is 16.0 Å². The van der Waals surface area contributed by atoms with E-state index < -0.39 is 0 Å². The fourth-order valence-electron chi connectivity index (χ4n) is 3.18. The summed E-state index contributed by atoms with van der Waals surface area (Å²) in [4.78, 5) is 31.8. The van der Waals surface area contributed by atoms with Gasteiger partial charge in [-0.25, -0.2) is 4.99 Å². The van der Waals surface area contributed by atoms with Gasteiger partial charge >= 0.3 is 5.88 Å². The first kappa shape index (κ1) is 22.5. The van der Waals surface area contributed by atoms with Crippen molar-refractivity contribution < 1.29 is 18.8 Å². The molecule has 0 spiro atoms. The molecule has 0 fully saturated rings. The van der Waals surface area contributed by atoms with E-state index in [-0.39, 0.29) is 29.5 Å². The molecular weight excluding hydrogens is 438 g/mol. The number of hydrogen-bond acceptors (Lipinski definition) is 6. The van der Waals surface area contributed by atoms with Crippen molar-refractivity contribution in [1.82, 2.24) is 5.27 Å². The Morgan fingerprint density at radius 2 is 2.00 bits per heavy atom. The summed E-state index contributed by atoms with van der Waals surface area (Å²) in [5.74, 6) is -0.209. The molecule has 168 valence electrons. The summed E-state index contributed by atoms with van der Waals surface area (Å²) in [6.07, 6.45) is 3.39. The standard InChI is InChI=1S/C24H23N5O3S/c1-16(2)28-14-22(32-27-28)26-21(30)15-33-24-25-20(13-18-9-7-8-17(3)12-18)23(31)29(24)19-10-5-4-6-11-19/h4-14,16H,15H2,1-3H3/p+1/b20-13+. The molecule has 0 radical (unpaired) electrons. The maximum absolute atomic E-state index is 13.2. The topological polar surface area (TPSA) is 91.7 Å². The maximum Gasteiger partial charge on any atom is 0.302 e. The third-order valence-corrected chi connectivity index (χ3v) is 5.74. The lowest BCUT2D eigenvalue weighted by atomic mass is 10.1. The van der Waals surface area contributed by atoms with Crippen LogP contribution < -0.4 is 14.9 Å². The predicted octanol–water partition coefficient (Wildman–Crippen LogP) is 3.97. The average Bonchev–Trinajstić information content (AvgIpc) is 3.38. The third-order valence-electron chi connectivity index (χ3n) is 4.80. The first-order valence-corrected chi connectivity index (χ1v) is 11.5. The van der Waals surface area contributed by atoms with Crippen LogP contribution in [0, 0.1) is 6.92 Å². The van der Waals surface area contributed by atoms with Crippen LogP contribution in [0.2, 0.25) is 0 Å². The molecule has 1 aromatic heterocycles. The summed E-state index contributed by atoms with van der Waals surface area (Å²) in [7, 11) is 0. The molecule has 8 nitrogen and oxygen atoms in total. The van der Waals surface area contributed by atoms with Gasteiger partial charge in [0.1, 0.15) is 5.70 Å². The molecule has 9 heteroatoms. The number of aromatic nitrogens is 2. The highest BCUT2D eigenvalue weighted by atomic mass is 32.2. The number of aliphatic imine (C=N–C) groups is 1. The Morgan fingerprint density at radius 3 is 2.70 bits per heavy atom. The van der Waals surface area contributed by atoms with Crippen molar-refractivity contribution in [3.63, 3.8) is 0 Å². The van der Waals surface area contributed by atoms with Crippen LogP contribution in [0.1, 0.15) is 31.0 Å². The Balaban J connectivity index is 1.53. The molecule has 0 unspecified atom stereocenters. The normalized spacial score (nSPS) is 14.8. The van der Waals surface area contributed by atoms with Gasteiger partial charge < -0.3 is 0 Å². The molecule has 1 aliphatic rings. The Bertz CT molecular complexity index is 1230. The Hall–Kier alpha value is -3.72. The van der Waals surface area contributed by atoms with Crippen molar-refractivity contribution in [3.05, 3.63) is 77.6 Å². The quantitative estimate of drug-likeness (QED) is 0.442. The Labute approximate surface area is 196 Å². The smallest absolute Gasteiger partial charge is 0.288 e. The third kappa shape index (κ3) is 5.38. The number of nitrogens with zero attached hydrogens (tertiary/aromatic N) is 4. The zero-order chi connectivity index (χ0) is 23.4. The molecule has 0 bridgehead atoms. The predicted molar refractivity (Wildman–Crippen MR) is 129 cm³/mol. The van der Waals surface area contributed by atoms with Gasteiger partial charge in [0, 0.05) is 0 Å². The van der Waals surface area contributed by atoms with Crippen LogP contribution in [0.4, 0.5) is 11.6 Å². The molecule has 2 heterocycles. The highest BCUT2D eigenvalue weighted by Crippen LogP contribution is 2.29. The fourth-order valence-corrected chi connectivity index (χ4v) is 3.99. The number of rotatable bonds is 6. The van der Waals surface area contributed by atoms with Crippen LogP contribution in [-0.4, -0.2) is 28.0 Å². The minimum atomic E-state index is -0.286. The number of carbonyl (C=O) groups excluding carboxylic acids is 2. The summed E-state index contributed by atoms with van der Waals surface area (Å²) in [5.41, 5.74) is 3.00. The largest absolute Gasteiger partial charge is 0.302 e. The van der Waals surface area contributed by atoms with Crippen molar-refractivity contribution in [2.24, 2.45) is 4.99 Å². The molecular formula is C24H24N5O3S+. The summed E-state index contributed by atoms with van der Waals surface area (Å²) < 4.78 is 6.75. The number of anilines is 2. The van der Waals surface area contributed by atoms with E-state index in [2.05, 4.69) is 15.6 Å². The van der Waals surface area contributed by atoms with Gasteiger partial charge in [-0.1, -0.05) is 59.8 Å². The second-order valence-corrected chi connectivity index (χ2v) is 8.73. The van der Waals surface area contributed by atoms with Gasteiger partial charge in [0.15, 0.2) is 11.2 Å². The van der Waals surface area contributed by atoms with E-state index in [4.69, 9.17) is 4.52 Å². The van der Waals surface area contributed by atoms with Crippen molar-refractivity contribution >= 4 is 46.4 Å². The summed E-state index contributed by atoms with van der Waals surface area (Å²) in [5, 5.41) is 6.98. The van der Waals surface area contributed by atoms with Crippen LogP contribution in [0.3, 0.4) is 0 Å². The molecule has 2 aromatic carbocycles. The molecule has 0 saturated carbocycles. The van der Waals surface area contributed by atoms with E-state index in [1.54, 1.807) is 17.0 Å². The van der Waals surface area contributed by atoms with E-state index in [0.717, 1.165) is 11.1 Å². The number of thioether (sulfide) groups is 1. The molecule has 4 rings (SSSR count). The monoisotopic (exact) mass is 462 g/mol. The lowest BCUT2D eigenvalue weighted by Gasteiger charge is -2.17. The summed E-state index contributed by atoms with van der Waals surface area (Å²) in [6.45, 7) is 5.91. The van der Waals surface area contributed by atoms with Crippen molar-refractivity contribution in [1.29, 1.82) is 0 Å². The summed E-state index contributed by atoms with van der Waals surface area (Å²) in [6, 6.07) is 17.2. The number of carbonyl (C=O) groups is 2. The van der Waals surface area contributed by atoms with E-state index >= 15 is 0 Å². The van der Waals surface area contributed by atoms with Gasteiger partial charge in [-0.2, -0.15) is 0 Å². The second kappa shape index (κ2) is 9.83. The molecule has 1 N–H and O–H groups in total. The average molecular weight is 463 g/mol. The molecule has 0 atom stereocenters. The van der Waals surface area contributed by atoms with Gasteiger partial charge in [-0.05, 0) is 49.2 Å². The first-order valence-electron chi connectivity index (χ1n) is 10.5. The lowest BCUT2D eigenvalue weighted by Crippen LogP contribution is -2.37. The van der Waals surface area contributed by atoms with Gasteiger partial charge in [0.25, 0.3) is 12.1 Å². The van der Waals surface area contributed by atoms with Crippen molar-refractivity contribution in [3.8, 4) is 0 Å². The minimum Gasteiger partial charge on any atom is -0.288 e. The zero-order valence-electron chi connectivity index (χ0n) is 18.6. The van der Waals surface area contributed by atoms with Gasteiger partial charge in [0.05, 0.1) is 11.4 Å². The number of amidine groups is 1. The highest BCUT2D eigenvalue weighted by Gasteiger charge is 2.32. The number of amides is 2. The Kier molecular flexibility index (Phi) is 6.69. The van der Waals surface area contributed by atoms with E-state index in [1.165, 1.54) is 16.7 Å². The number of nitrogens with one attached hydrogen (secondary N) is 1.